The van der Waals surface area contributed by atoms with Crippen molar-refractivity contribution in [1.82, 2.24) is 19.3 Å². The van der Waals surface area contributed by atoms with Crippen molar-refractivity contribution >= 4 is 34.6 Å². The van der Waals surface area contributed by atoms with E-state index in [1.807, 2.05) is 12.1 Å². The third-order valence-corrected chi connectivity index (χ3v) is 7.15. The highest BCUT2D eigenvalue weighted by Gasteiger charge is 2.26. The zero-order valence-corrected chi connectivity index (χ0v) is 19.6. The lowest BCUT2D eigenvalue weighted by molar-refractivity contribution is 0.0708. The van der Waals surface area contributed by atoms with Crippen LogP contribution >= 0.6 is 23.2 Å². The van der Waals surface area contributed by atoms with E-state index in [1.165, 1.54) is 17.7 Å². The van der Waals surface area contributed by atoms with Crippen molar-refractivity contribution in [2.75, 3.05) is 13.1 Å². The van der Waals surface area contributed by atoms with Crippen LogP contribution in [0.1, 0.15) is 45.9 Å². The molecular weight excluding hydrogens is 478 g/mol. The summed E-state index contributed by atoms with van der Waals surface area (Å²) in [5.41, 5.74) is 2.63. The molecule has 0 aliphatic carbocycles. The van der Waals surface area contributed by atoms with E-state index >= 15 is 0 Å². The number of pyridine rings is 1. The molecule has 4 heterocycles. The maximum Gasteiger partial charge on any atom is 0.272 e. The van der Waals surface area contributed by atoms with Gasteiger partial charge in [-0.05, 0) is 60.2 Å². The average Bonchev–Trinajstić information content (AvgIpc) is 3.17. The number of amides is 1. The summed E-state index contributed by atoms with van der Waals surface area (Å²) in [6, 6.07) is 10.0. The number of rotatable bonds is 4. The van der Waals surface area contributed by atoms with Gasteiger partial charge in [0.15, 0.2) is 0 Å². The number of nitrogens with one attached hydrogen (secondary N) is 1. The first-order valence-electron chi connectivity index (χ1n) is 11.0. The molecule has 1 saturated heterocycles. The molecule has 0 atom stereocenters. The number of fused-ring (bicyclic) bond motifs is 1. The third kappa shape index (κ3) is 4.21. The zero-order valence-electron chi connectivity index (χ0n) is 18.1. The molecule has 1 aliphatic heterocycles. The molecule has 4 aromatic rings. The monoisotopic (exact) mass is 498 g/mol. The largest absolute Gasteiger partial charge is 0.339 e. The van der Waals surface area contributed by atoms with Crippen molar-refractivity contribution < 1.29 is 9.18 Å². The van der Waals surface area contributed by atoms with E-state index in [0.717, 1.165) is 12.8 Å². The van der Waals surface area contributed by atoms with Gasteiger partial charge in [-0.3, -0.25) is 19.0 Å². The lowest BCUT2D eigenvalue weighted by Crippen LogP contribution is -2.38. The van der Waals surface area contributed by atoms with E-state index < -0.39 is 5.82 Å². The number of benzene rings is 1. The van der Waals surface area contributed by atoms with Crippen molar-refractivity contribution in [3.63, 3.8) is 0 Å². The lowest BCUT2D eigenvalue weighted by atomic mass is 9.90. The van der Waals surface area contributed by atoms with Crippen molar-refractivity contribution in [2.45, 2.75) is 25.2 Å². The summed E-state index contributed by atoms with van der Waals surface area (Å²) < 4.78 is 16.3. The van der Waals surface area contributed by atoms with Crippen LogP contribution in [0.15, 0.2) is 59.8 Å². The Morgan fingerprint density at radius 2 is 1.85 bits per heavy atom. The maximum atomic E-state index is 14.7. The number of hydrogen-bond acceptors (Lipinski definition) is 3. The Hall–Kier alpha value is -3.16. The quantitative estimate of drug-likeness (QED) is 0.426. The second kappa shape index (κ2) is 9.24. The molecule has 0 bridgehead atoms. The van der Waals surface area contributed by atoms with Gasteiger partial charge in [0.1, 0.15) is 16.5 Å². The van der Waals surface area contributed by atoms with Gasteiger partial charge in [-0.15, -0.1) is 0 Å². The number of piperidine rings is 1. The number of halogens is 3. The number of H-pyrrole nitrogens is 1. The highest BCUT2D eigenvalue weighted by Crippen LogP contribution is 2.29. The van der Waals surface area contributed by atoms with Crippen LogP contribution in [0, 0.1) is 5.82 Å². The molecule has 34 heavy (non-hydrogen) atoms. The molecule has 6 nitrogen and oxygen atoms in total. The highest BCUT2D eigenvalue weighted by molar-refractivity contribution is 6.42. The van der Waals surface area contributed by atoms with Crippen LogP contribution in [0.4, 0.5) is 4.39 Å². The second-order valence-electron chi connectivity index (χ2n) is 8.45. The summed E-state index contributed by atoms with van der Waals surface area (Å²) in [5, 5.41) is 0.498. The Balaban J connectivity index is 1.37. The van der Waals surface area contributed by atoms with E-state index in [2.05, 4.69) is 9.97 Å². The molecule has 1 aromatic carbocycles. The number of carbonyl (C=O) groups excluding carboxylic acids is 1. The van der Waals surface area contributed by atoms with Crippen LogP contribution < -0.4 is 5.56 Å². The summed E-state index contributed by atoms with van der Waals surface area (Å²) >= 11 is 12.4. The van der Waals surface area contributed by atoms with Crippen LogP contribution in [0.25, 0.3) is 5.52 Å². The Morgan fingerprint density at radius 1 is 1.12 bits per heavy atom. The topological polar surface area (TPSA) is 70.5 Å². The SMILES string of the molecule is O=C(c1cc(Cc2c[nH]c(=O)c3cc(Cl)c(Cl)n23)ccc1F)N1CCC(c2ccncc2)CC1. The summed E-state index contributed by atoms with van der Waals surface area (Å²) in [6.07, 6.45) is 7.06. The van der Waals surface area contributed by atoms with E-state index in [0.29, 0.717) is 42.2 Å². The number of aromatic amines is 1. The number of carbonyl (C=O) groups is 1. The van der Waals surface area contributed by atoms with Crippen LogP contribution in [-0.4, -0.2) is 38.3 Å². The fraction of sp³-hybridized carbons (Fsp3) is 0.240. The average molecular weight is 499 g/mol. The summed E-state index contributed by atoms with van der Waals surface area (Å²) in [6.45, 7) is 1.13. The predicted molar refractivity (Wildman–Crippen MR) is 129 cm³/mol. The van der Waals surface area contributed by atoms with Gasteiger partial charge in [0.05, 0.1) is 10.6 Å². The molecule has 0 radical (unpaired) electrons. The second-order valence-corrected chi connectivity index (χ2v) is 9.22. The maximum absolute atomic E-state index is 14.7. The molecule has 3 aromatic heterocycles. The third-order valence-electron chi connectivity index (χ3n) is 6.39. The molecule has 1 aliphatic rings. The predicted octanol–water partition coefficient (Wildman–Crippen LogP) is 5.08. The normalized spacial score (nSPS) is 14.6. The van der Waals surface area contributed by atoms with Gasteiger partial charge in [0.2, 0.25) is 0 Å². The molecule has 9 heteroatoms. The fourth-order valence-electron chi connectivity index (χ4n) is 4.60. The van der Waals surface area contributed by atoms with Gasteiger partial charge in [-0.2, -0.15) is 0 Å². The van der Waals surface area contributed by atoms with Gasteiger partial charge in [-0.1, -0.05) is 29.3 Å². The highest BCUT2D eigenvalue weighted by atomic mass is 35.5. The van der Waals surface area contributed by atoms with Crippen molar-refractivity contribution in [3.05, 3.63) is 104 Å². The minimum atomic E-state index is -0.557. The molecule has 5 rings (SSSR count). The lowest BCUT2D eigenvalue weighted by Gasteiger charge is -2.32. The van der Waals surface area contributed by atoms with Crippen LogP contribution in [0.5, 0.6) is 0 Å². The van der Waals surface area contributed by atoms with E-state index in [4.69, 9.17) is 23.2 Å². The van der Waals surface area contributed by atoms with E-state index in [1.54, 1.807) is 40.0 Å². The Bertz CT molecular complexity index is 1430. The van der Waals surface area contributed by atoms with Gasteiger partial charge in [0.25, 0.3) is 11.5 Å². The van der Waals surface area contributed by atoms with Gasteiger partial charge in [0, 0.05) is 43.8 Å². The summed E-state index contributed by atoms with van der Waals surface area (Å²) in [5.74, 6) is -0.510. The van der Waals surface area contributed by atoms with Crippen LogP contribution in [0.3, 0.4) is 0 Å². The van der Waals surface area contributed by atoms with Gasteiger partial charge in [-0.25, -0.2) is 4.39 Å². The molecule has 174 valence electrons. The fourth-order valence-corrected chi connectivity index (χ4v) is 5.04. The number of likely N-dealkylation sites (tertiary alicyclic amines) is 1. The van der Waals surface area contributed by atoms with E-state index in [-0.39, 0.29) is 27.2 Å². The van der Waals surface area contributed by atoms with Crippen molar-refractivity contribution in [1.29, 1.82) is 0 Å². The molecule has 0 spiro atoms. The van der Waals surface area contributed by atoms with Crippen LogP contribution in [-0.2, 0) is 6.42 Å². The van der Waals surface area contributed by atoms with Crippen LogP contribution in [0.2, 0.25) is 10.2 Å². The molecule has 1 N–H and O–H groups in total. The first-order chi connectivity index (χ1) is 16.4. The molecule has 0 unspecified atom stereocenters. The minimum Gasteiger partial charge on any atom is -0.339 e. The molecular formula is C25H21Cl2FN4O2. The molecule has 1 fully saturated rings. The minimum absolute atomic E-state index is 0.0390. The van der Waals surface area contributed by atoms with E-state index in [9.17, 15) is 14.0 Å². The van der Waals surface area contributed by atoms with Crippen molar-refractivity contribution in [2.24, 2.45) is 0 Å². The first kappa shape index (κ1) is 22.6. The Morgan fingerprint density at radius 3 is 2.59 bits per heavy atom. The Kier molecular flexibility index (Phi) is 6.15. The number of hydrogen-bond donors (Lipinski definition) is 1. The zero-order chi connectivity index (χ0) is 23.8. The molecule has 0 saturated carbocycles. The standard InChI is InChI=1S/C25H21Cl2FN4O2/c26-20-13-22-24(33)30-14-18(32(22)23(20)27)11-15-1-2-21(28)19(12-15)25(34)31-9-5-17(6-10-31)16-3-7-29-8-4-16/h1-4,7-8,12-14,17H,5-6,9-11H2,(H,30,33). The number of nitrogens with zero attached hydrogens (tertiary/aromatic N) is 3. The smallest absolute Gasteiger partial charge is 0.272 e. The van der Waals surface area contributed by atoms with Crippen molar-refractivity contribution in [3.8, 4) is 0 Å². The van der Waals surface area contributed by atoms with Gasteiger partial charge < -0.3 is 9.88 Å². The summed E-state index contributed by atoms with van der Waals surface area (Å²) in [7, 11) is 0. The summed E-state index contributed by atoms with van der Waals surface area (Å²) in [4.78, 5) is 33.7. The Labute approximate surface area is 205 Å². The number of aromatic nitrogens is 3. The molecule has 1 amide bonds. The first-order valence-corrected chi connectivity index (χ1v) is 11.7. The van der Waals surface area contributed by atoms with Gasteiger partial charge >= 0.3 is 0 Å².